The Bertz CT molecular complexity index is 1100. The minimum atomic E-state index is -0.231. The van der Waals surface area contributed by atoms with E-state index in [-0.39, 0.29) is 11.5 Å². The van der Waals surface area contributed by atoms with E-state index in [0.717, 1.165) is 59.6 Å². The van der Waals surface area contributed by atoms with Crippen molar-refractivity contribution in [3.63, 3.8) is 0 Å². The van der Waals surface area contributed by atoms with Crippen molar-refractivity contribution in [2.45, 2.75) is 45.1 Å². The first-order valence-electron chi connectivity index (χ1n) is 9.87. The number of fused-ring (bicyclic) bond motifs is 4. The Hall–Kier alpha value is -2.82. The molecule has 1 amide bonds. The summed E-state index contributed by atoms with van der Waals surface area (Å²) in [6.45, 7) is 4.04. The molecule has 3 heterocycles. The van der Waals surface area contributed by atoms with Crippen molar-refractivity contribution in [3.8, 4) is 5.75 Å². The Morgan fingerprint density at radius 1 is 1.18 bits per heavy atom. The largest absolute Gasteiger partial charge is 0.482 e. The molecule has 0 unspecified atom stereocenters. The summed E-state index contributed by atoms with van der Waals surface area (Å²) in [6.07, 6.45) is 5.52. The third-order valence-electron chi connectivity index (χ3n) is 6.38. The van der Waals surface area contributed by atoms with E-state index in [4.69, 9.17) is 9.72 Å². The predicted octanol–water partition coefficient (Wildman–Crippen LogP) is 3.52. The highest BCUT2D eigenvalue weighted by Crippen LogP contribution is 2.45. The van der Waals surface area contributed by atoms with Crippen LogP contribution in [-0.4, -0.2) is 39.9 Å². The maximum absolute atomic E-state index is 12.9. The van der Waals surface area contributed by atoms with Gasteiger partial charge >= 0.3 is 0 Å². The van der Waals surface area contributed by atoms with Crippen LogP contribution < -0.4 is 4.74 Å². The molecule has 1 aliphatic heterocycles. The molecular weight excluding hydrogens is 350 g/mol. The number of carbonyl (C=O) groups is 1. The van der Waals surface area contributed by atoms with Gasteiger partial charge in [0.05, 0.1) is 11.3 Å². The summed E-state index contributed by atoms with van der Waals surface area (Å²) in [5.74, 6) is 0.807. The van der Waals surface area contributed by atoms with Gasteiger partial charge in [-0.05, 0) is 37.8 Å². The summed E-state index contributed by atoms with van der Waals surface area (Å²) >= 11 is 0. The molecule has 2 aromatic heterocycles. The number of hydrogen-bond donors (Lipinski definition) is 0. The third kappa shape index (κ3) is 2.38. The van der Waals surface area contributed by atoms with Gasteiger partial charge in [-0.3, -0.25) is 4.79 Å². The van der Waals surface area contributed by atoms with Crippen LogP contribution in [0.2, 0.25) is 0 Å². The second kappa shape index (κ2) is 5.84. The Morgan fingerprint density at radius 2 is 1.86 bits per heavy atom. The number of hydrogen-bond acceptors (Lipinski definition) is 3. The van der Waals surface area contributed by atoms with E-state index in [0.29, 0.717) is 0 Å². The minimum Gasteiger partial charge on any atom is -0.482 e. The smallest absolute Gasteiger partial charge is 0.255 e. The number of rotatable bonds is 1. The molecule has 0 radical (unpaired) electrons. The average Bonchev–Trinajstić information content (AvgIpc) is 3.17. The molecule has 144 valence electrons. The van der Waals surface area contributed by atoms with Crippen molar-refractivity contribution in [3.05, 3.63) is 64.1 Å². The Labute approximate surface area is 164 Å². The van der Waals surface area contributed by atoms with Gasteiger partial charge < -0.3 is 14.0 Å². The van der Waals surface area contributed by atoms with E-state index in [1.165, 1.54) is 11.1 Å². The summed E-state index contributed by atoms with van der Waals surface area (Å²) < 4.78 is 8.78. The number of aromatic nitrogens is 2. The van der Waals surface area contributed by atoms with Crippen molar-refractivity contribution >= 4 is 11.6 Å². The minimum absolute atomic E-state index is 0.0122. The van der Waals surface area contributed by atoms with Gasteiger partial charge in [0.25, 0.3) is 5.91 Å². The lowest BCUT2D eigenvalue weighted by Gasteiger charge is -2.36. The zero-order valence-corrected chi connectivity index (χ0v) is 16.9. The van der Waals surface area contributed by atoms with Gasteiger partial charge in [-0.25, -0.2) is 4.98 Å². The number of amides is 1. The van der Waals surface area contributed by atoms with Crippen molar-refractivity contribution in [1.82, 2.24) is 14.3 Å². The molecular formula is C23H25N3O2. The molecule has 5 nitrogen and oxygen atoms in total. The molecule has 1 aromatic carbocycles. The first-order valence-corrected chi connectivity index (χ1v) is 9.87. The maximum Gasteiger partial charge on any atom is 0.255 e. The van der Waals surface area contributed by atoms with Crippen molar-refractivity contribution in [1.29, 1.82) is 0 Å². The third-order valence-corrected chi connectivity index (χ3v) is 6.38. The standard InChI is InChI=1S/C23H25N3O2/c1-14-15(2)26-13-19(22(27)25(3)4)18-9-10-23(28-20(18)21(26)24-14)11-16-7-5-6-8-17(16)12-23/h5-8,13H,9-12H2,1-4H3. The van der Waals surface area contributed by atoms with Gasteiger partial charge in [-0.2, -0.15) is 0 Å². The van der Waals surface area contributed by atoms with Gasteiger partial charge in [-0.1, -0.05) is 24.3 Å². The first-order chi connectivity index (χ1) is 13.4. The molecule has 2 aliphatic rings. The van der Waals surface area contributed by atoms with Crippen LogP contribution in [0.4, 0.5) is 0 Å². The quantitative estimate of drug-likeness (QED) is 0.654. The number of carbonyl (C=O) groups excluding carboxylic acids is 1. The topological polar surface area (TPSA) is 46.8 Å². The molecule has 0 saturated heterocycles. The average molecular weight is 375 g/mol. The highest BCUT2D eigenvalue weighted by molar-refractivity contribution is 5.96. The summed E-state index contributed by atoms with van der Waals surface area (Å²) in [4.78, 5) is 19.3. The normalized spacial score (nSPS) is 16.7. The van der Waals surface area contributed by atoms with Crippen LogP contribution in [0.25, 0.3) is 5.65 Å². The van der Waals surface area contributed by atoms with Gasteiger partial charge in [0, 0.05) is 44.4 Å². The molecule has 1 spiro atoms. The molecule has 0 saturated carbocycles. The molecule has 0 bridgehead atoms. The molecule has 5 rings (SSSR count). The van der Waals surface area contributed by atoms with Crippen LogP contribution in [0.3, 0.4) is 0 Å². The monoisotopic (exact) mass is 375 g/mol. The van der Waals surface area contributed by atoms with Crippen LogP contribution in [0.1, 0.15) is 44.9 Å². The molecule has 0 fully saturated rings. The molecule has 5 heteroatoms. The Morgan fingerprint density at radius 3 is 2.50 bits per heavy atom. The second-order valence-corrected chi connectivity index (χ2v) is 8.43. The highest BCUT2D eigenvalue weighted by Gasteiger charge is 2.43. The zero-order chi connectivity index (χ0) is 19.6. The van der Waals surface area contributed by atoms with E-state index in [1.54, 1.807) is 19.0 Å². The SMILES string of the molecule is Cc1nc2c3c(c(C(=O)N(C)C)cn2c1C)CCC1(Cc2ccccc2C1)O3. The second-order valence-electron chi connectivity index (χ2n) is 8.43. The maximum atomic E-state index is 12.9. The first kappa shape index (κ1) is 17.3. The fourth-order valence-corrected chi connectivity index (χ4v) is 4.72. The lowest BCUT2D eigenvalue weighted by Crippen LogP contribution is -2.41. The number of benzene rings is 1. The van der Waals surface area contributed by atoms with E-state index in [9.17, 15) is 4.79 Å². The van der Waals surface area contributed by atoms with Crippen LogP contribution in [0, 0.1) is 13.8 Å². The van der Waals surface area contributed by atoms with Crippen molar-refractivity contribution in [2.75, 3.05) is 14.1 Å². The molecule has 1 aliphatic carbocycles. The van der Waals surface area contributed by atoms with E-state index in [1.807, 2.05) is 24.4 Å². The molecule has 28 heavy (non-hydrogen) atoms. The van der Waals surface area contributed by atoms with Crippen LogP contribution >= 0.6 is 0 Å². The van der Waals surface area contributed by atoms with Gasteiger partial charge in [0.15, 0.2) is 11.4 Å². The Balaban J connectivity index is 1.68. The fourth-order valence-electron chi connectivity index (χ4n) is 4.72. The lowest BCUT2D eigenvalue weighted by molar-refractivity contribution is 0.0567. The predicted molar refractivity (Wildman–Crippen MR) is 108 cm³/mol. The summed E-state index contributed by atoms with van der Waals surface area (Å²) in [5.41, 5.74) is 7.08. The van der Waals surface area contributed by atoms with Crippen molar-refractivity contribution < 1.29 is 9.53 Å². The number of ether oxygens (including phenoxy) is 1. The van der Waals surface area contributed by atoms with Gasteiger partial charge in [0.1, 0.15) is 5.60 Å². The van der Waals surface area contributed by atoms with E-state index < -0.39 is 0 Å². The van der Waals surface area contributed by atoms with E-state index in [2.05, 4.69) is 24.3 Å². The number of nitrogens with zero attached hydrogens (tertiary/aromatic N) is 3. The number of imidazole rings is 1. The molecule has 3 aromatic rings. The van der Waals surface area contributed by atoms with Crippen molar-refractivity contribution in [2.24, 2.45) is 0 Å². The summed E-state index contributed by atoms with van der Waals surface area (Å²) in [7, 11) is 3.59. The molecule has 0 atom stereocenters. The lowest BCUT2D eigenvalue weighted by atomic mass is 9.87. The number of aryl methyl sites for hydroxylation is 2. The fraction of sp³-hybridized carbons (Fsp3) is 0.391. The van der Waals surface area contributed by atoms with Crippen LogP contribution in [0.15, 0.2) is 30.5 Å². The summed E-state index contributed by atoms with van der Waals surface area (Å²) in [5, 5.41) is 0. The van der Waals surface area contributed by atoms with Gasteiger partial charge in [0.2, 0.25) is 0 Å². The molecule has 0 N–H and O–H groups in total. The van der Waals surface area contributed by atoms with Crippen LogP contribution in [0.5, 0.6) is 5.75 Å². The zero-order valence-electron chi connectivity index (χ0n) is 16.9. The number of pyridine rings is 1. The van der Waals surface area contributed by atoms with Gasteiger partial charge in [-0.15, -0.1) is 0 Å². The van der Waals surface area contributed by atoms with E-state index >= 15 is 0 Å². The van der Waals surface area contributed by atoms with Crippen LogP contribution in [-0.2, 0) is 19.3 Å². The Kier molecular flexibility index (Phi) is 3.60. The highest BCUT2D eigenvalue weighted by atomic mass is 16.5. The summed E-state index contributed by atoms with van der Waals surface area (Å²) in [6, 6.07) is 8.60.